The van der Waals surface area contributed by atoms with E-state index >= 15 is 0 Å². The van der Waals surface area contributed by atoms with Crippen LogP contribution in [0, 0.1) is 0 Å². The van der Waals surface area contributed by atoms with Gasteiger partial charge >= 0.3 is 6.18 Å². The molecule has 1 aliphatic rings. The first-order chi connectivity index (χ1) is 15.7. The third-order valence-electron chi connectivity index (χ3n) is 5.22. The van der Waals surface area contributed by atoms with E-state index < -0.39 is 31.1 Å². The van der Waals surface area contributed by atoms with E-state index in [0.29, 0.717) is 30.2 Å². The van der Waals surface area contributed by atoms with Gasteiger partial charge in [0.05, 0.1) is 24.8 Å². The average Bonchev–Trinajstić information content (AvgIpc) is 3.37. The second kappa shape index (κ2) is 9.20. The average molecular weight is 465 g/mol. The molecule has 0 fully saturated rings. The third kappa shape index (κ3) is 5.68. The van der Waals surface area contributed by atoms with Crippen molar-refractivity contribution in [3.8, 4) is 0 Å². The Bertz CT molecular complexity index is 1170. The number of carbonyl (C=O) groups is 1. The number of hydrogen-bond acceptors (Lipinski definition) is 5. The van der Waals surface area contributed by atoms with Crippen molar-refractivity contribution in [2.45, 2.75) is 45.1 Å². The van der Waals surface area contributed by atoms with Crippen molar-refractivity contribution in [1.82, 2.24) is 29.3 Å². The molecule has 0 radical (unpaired) electrons. The van der Waals surface area contributed by atoms with Crippen LogP contribution in [0.5, 0.6) is 0 Å². The Morgan fingerprint density at radius 2 is 2.15 bits per heavy atom. The topological polar surface area (TPSA) is 80.4 Å². The molecule has 33 heavy (non-hydrogen) atoms. The van der Waals surface area contributed by atoms with Crippen LogP contribution >= 0.6 is 0 Å². The molecule has 8 nitrogen and oxygen atoms in total. The van der Waals surface area contributed by atoms with Gasteiger partial charge in [-0.25, -0.2) is 8.91 Å². The van der Waals surface area contributed by atoms with Crippen LogP contribution in [0.3, 0.4) is 0 Å². The molecule has 0 saturated heterocycles. The van der Waals surface area contributed by atoms with Gasteiger partial charge in [0.2, 0.25) is 11.9 Å². The summed E-state index contributed by atoms with van der Waals surface area (Å²) in [5.74, 6) is -0.159. The van der Waals surface area contributed by atoms with Crippen LogP contribution < -0.4 is 5.32 Å². The lowest BCUT2D eigenvalue weighted by atomic mass is 10.00. The van der Waals surface area contributed by atoms with Gasteiger partial charge in [-0.3, -0.25) is 9.48 Å². The van der Waals surface area contributed by atoms with Crippen LogP contribution in [0.2, 0.25) is 0 Å². The number of pyridine rings is 1. The van der Waals surface area contributed by atoms with Gasteiger partial charge in [0.15, 0.2) is 5.65 Å². The molecule has 4 heterocycles. The minimum absolute atomic E-state index is 0.147. The highest BCUT2D eigenvalue weighted by atomic mass is 19.4. The number of alkyl halides is 4. The maximum atomic E-state index is 13.2. The summed E-state index contributed by atoms with van der Waals surface area (Å²) in [4.78, 5) is 18.1. The minimum Gasteiger partial charge on any atom is -0.339 e. The minimum atomic E-state index is -4.34. The molecule has 1 atom stereocenters. The van der Waals surface area contributed by atoms with E-state index in [1.165, 1.54) is 16.5 Å². The number of halogens is 4. The van der Waals surface area contributed by atoms with E-state index in [4.69, 9.17) is 0 Å². The number of carbonyl (C=O) groups excluding carboxylic acids is 1. The number of aromatic nitrogens is 5. The molecule has 3 aromatic heterocycles. The highest BCUT2D eigenvalue weighted by Gasteiger charge is 2.29. The summed E-state index contributed by atoms with van der Waals surface area (Å²) in [6.07, 6.45) is 0.304. The highest BCUT2D eigenvalue weighted by Crippen LogP contribution is 2.28. The molecule has 1 N–H and O–H groups in total. The first-order valence-electron chi connectivity index (χ1n) is 10.5. The molecule has 0 aromatic carbocycles. The zero-order chi connectivity index (χ0) is 23.6. The van der Waals surface area contributed by atoms with Crippen molar-refractivity contribution in [3.05, 3.63) is 42.4 Å². The van der Waals surface area contributed by atoms with E-state index in [0.717, 1.165) is 11.1 Å². The fourth-order valence-corrected chi connectivity index (χ4v) is 3.67. The Balaban J connectivity index is 1.47. The second-order valence-corrected chi connectivity index (χ2v) is 7.92. The zero-order valence-corrected chi connectivity index (χ0v) is 17.9. The summed E-state index contributed by atoms with van der Waals surface area (Å²) >= 11 is 0. The van der Waals surface area contributed by atoms with E-state index in [1.54, 1.807) is 23.1 Å². The van der Waals surface area contributed by atoms with Crippen molar-refractivity contribution in [2.75, 3.05) is 18.4 Å². The van der Waals surface area contributed by atoms with Crippen molar-refractivity contribution in [1.29, 1.82) is 0 Å². The smallest absolute Gasteiger partial charge is 0.339 e. The van der Waals surface area contributed by atoms with Crippen LogP contribution in [0.15, 0.2) is 36.8 Å². The number of rotatable bonds is 7. The molecule has 1 amide bonds. The number of nitrogens with zero attached hydrogens (tertiary/aromatic N) is 6. The largest absolute Gasteiger partial charge is 0.389 e. The Kier molecular flexibility index (Phi) is 6.34. The normalized spacial score (nSPS) is 15.5. The fourth-order valence-electron chi connectivity index (χ4n) is 3.67. The maximum absolute atomic E-state index is 13.2. The van der Waals surface area contributed by atoms with Gasteiger partial charge in [-0.05, 0) is 31.1 Å². The van der Waals surface area contributed by atoms with E-state index in [1.807, 2.05) is 18.2 Å². The van der Waals surface area contributed by atoms with Crippen LogP contribution in [0.1, 0.15) is 31.7 Å². The van der Waals surface area contributed by atoms with E-state index in [9.17, 15) is 22.4 Å². The first kappa shape index (κ1) is 22.7. The number of anilines is 2. The lowest BCUT2D eigenvalue weighted by molar-refractivity contribution is -0.148. The Morgan fingerprint density at radius 1 is 1.33 bits per heavy atom. The molecule has 0 spiro atoms. The fraction of sp³-hybridized carbons (Fsp3) is 0.429. The van der Waals surface area contributed by atoms with Crippen LogP contribution in [0.4, 0.5) is 29.2 Å². The third-order valence-corrected chi connectivity index (χ3v) is 5.22. The lowest BCUT2D eigenvalue weighted by Crippen LogP contribution is -2.35. The molecule has 0 aliphatic carbocycles. The highest BCUT2D eigenvalue weighted by molar-refractivity contribution is 5.81. The van der Waals surface area contributed by atoms with Gasteiger partial charge in [0.25, 0.3) is 0 Å². The zero-order valence-electron chi connectivity index (χ0n) is 17.9. The maximum Gasteiger partial charge on any atom is 0.389 e. The number of amides is 1. The Morgan fingerprint density at radius 3 is 2.85 bits per heavy atom. The quantitative estimate of drug-likeness (QED) is 0.534. The second-order valence-electron chi connectivity index (χ2n) is 7.92. The van der Waals surface area contributed by atoms with Gasteiger partial charge in [-0.1, -0.05) is 6.08 Å². The molecule has 3 aromatic rings. The molecule has 1 aliphatic heterocycles. The number of hydrogen-bond donors (Lipinski definition) is 1. The van der Waals surface area contributed by atoms with Crippen molar-refractivity contribution < 1.29 is 22.4 Å². The Labute approximate surface area is 186 Å². The summed E-state index contributed by atoms with van der Waals surface area (Å²) < 4.78 is 53.4. The molecule has 1 unspecified atom stereocenters. The summed E-state index contributed by atoms with van der Waals surface area (Å²) in [5, 5.41) is 11.6. The monoisotopic (exact) mass is 465 g/mol. The summed E-state index contributed by atoms with van der Waals surface area (Å²) in [7, 11) is 0. The number of nitrogens with one attached hydrogen (secondary N) is 1. The SMILES string of the molecule is CC(F)Cn1cc(Nc2nc3c(C4=CCN(C(=O)CCC(F)(F)F)CC4)cccn3n2)cn1. The van der Waals surface area contributed by atoms with Gasteiger partial charge in [0.1, 0.15) is 6.17 Å². The standard InChI is InChI=1S/C21H23F4N7O/c1-14(22)12-31-13-16(11-26-31)27-20-28-19-17(3-2-8-32(19)29-20)15-5-9-30(10-6-15)18(33)4-7-21(23,24)25/h2-3,5,8,11,13-14H,4,6-7,9-10,12H2,1H3,(H,27,29). The molecular formula is C21H23F4N7O. The molecule has 12 heteroatoms. The van der Waals surface area contributed by atoms with Gasteiger partial charge in [-0.2, -0.15) is 23.3 Å². The van der Waals surface area contributed by atoms with E-state index in [2.05, 4.69) is 20.5 Å². The van der Waals surface area contributed by atoms with Crippen LogP contribution in [-0.2, 0) is 11.3 Å². The molecular weight excluding hydrogens is 442 g/mol. The Hall–Kier alpha value is -3.44. The van der Waals surface area contributed by atoms with Gasteiger partial charge in [-0.15, -0.1) is 5.10 Å². The number of fused-ring (bicyclic) bond motifs is 1. The predicted molar refractivity (Wildman–Crippen MR) is 114 cm³/mol. The summed E-state index contributed by atoms with van der Waals surface area (Å²) in [6.45, 7) is 2.19. The first-order valence-corrected chi connectivity index (χ1v) is 10.5. The van der Waals surface area contributed by atoms with Gasteiger partial charge < -0.3 is 10.2 Å². The molecule has 176 valence electrons. The van der Waals surface area contributed by atoms with Crippen molar-refractivity contribution >= 4 is 28.8 Å². The summed E-state index contributed by atoms with van der Waals surface area (Å²) in [5.41, 5.74) is 3.01. The van der Waals surface area contributed by atoms with Crippen molar-refractivity contribution in [3.63, 3.8) is 0 Å². The van der Waals surface area contributed by atoms with Gasteiger partial charge in [0, 0.05) is 37.5 Å². The van der Waals surface area contributed by atoms with Crippen LogP contribution in [-0.4, -0.2) is 60.6 Å². The molecule has 0 saturated carbocycles. The summed E-state index contributed by atoms with van der Waals surface area (Å²) in [6, 6.07) is 3.71. The predicted octanol–water partition coefficient (Wildman–Crippen LogP) is 3.99. The van der Waals surface area contributed by atoms with E-state index in [-0.39, 0.29) is 13.1 Å². The molecule has 0 bridgehead atoms. The van der Waals surface area contributed by atoms with Crippen molar-refractivity contribution in [2.24, 2.45) is 0 Å². The lowest BCUT2D eigenvalue weighted by Gasteiger charge is -2.27. The molecule has 4 rings (SSSR count). The van der Waals surface area contributed by atoms with Crippen LogP contribution in [0.25, 0.3) is 11.2 Å².